The van der Waals surface area contributed by atoms with Crippen LogP contribution in [0.5, 0.6) is 5.75 Å². The number of hydrogen-bond donors (Lipinski definition) is 1. The van der Waals surface area contributed by atoms with Gasteiger partial charge in [-0.05, 0) is 37.5 Å². The third kappa shape index (κ3) is 3.57. The number of nitrogens with zero attached hydrogens (tertiary/aromatic N) is 1. The molecular weight excluding hydrogens is 332 g/mol. The second-order valence-corrected chi connectivity index (χ2v) is 5.68. The highest BCUT2D eigenvalue weighted by molar-refractivity contribution is 5.92. The molecule has 1 atom stereocenters. The van der Waals surface area contributed by atoms with Crippen LogP contribution in [0, 0.1) is 11.3 Å². The molecule has 1 aliphatic rings. The molecule has 6 nitrogen and oxygen atoms in total. The number of esters is 1. The molecular formula is C20H22N2O4. The third-order valence-electron chi connectivity index (χ3n) is 4.10. The van der Waals surface area contributed by atoms with E-state index in [1.54, 1.807) is 39.2 Å². The van der Waals surface area contributed by atoms with E-state index >= 15 is 0 Å². The van der Waals surface area contributed by atoms with Gasteiger partial charge in [0.15, 0.2) is 0 Å². The Morgan fingerprint density at radius 3 is 2.81 bits per heavy atom. The Kier molecular flexibility index (Phi) is 6.07. The van der Waals surface area contributed by atoms with Crippen molar-refractivity contribution in [2.45, 2.75) is 26.2 Å². The molecule has 0 fully saturated rings. The van der Waals surface area contributed by atoms with E-state index in [1.807, 2.05) is 6.07 Å². The van der Waals surface area contributed by atoms with Gasteiger partial charge >= 0.3 is 5.97 Å². The molecule has 0 aromatic heterocycles. The SMILES string of the molecule is C=CCc1cc(C2C(C#N)=C(N)OC(C)=C2C(=O)OCC)ccc1OC. The maximum absolute atomic E-state index is 12.5. The summed E-state index contributed by atoms with van der Waals surface area (Å²) < 4.78 is 16.0. The van der Waals surface area contributed by atoms with Gasteiger partial charge in [0.2, 0.25) is 5.88 Å². The highest BCUT2D eigenvalue weighted by atomic mass is 16.5. The Balaban J connectivity index is 2.65. The summed E-state index contributed by atoms with van der Waals surface area (Å²) in [6.07, 6.45) is 2.34. The Morgan fingerprint density at radius 2 is 2.23 bits per heavy atom. The van der Waals surface area contributed by atoms with E-state index in [1.165, 1.54) is 0 Å². The molecule has 0 saturated heterocycles. The van der Waals surface area contributed by atoms with Crippen LogP contribution < -0.4 is 10.5 Å². The first-order valence-electron chi connectivity index (χ1n) is 8.21. The van der Waals surface area contributed by atoms with Crippen LogP contribution in [-0.4, -0.2) is 19.7 Å². The van der Waals surface area contributed by atoms with Crippen LogP contribution in [0.15, 0.2) is 53.6 Å². The Bertz CT molecular complexity index is 831. The fourth-order valence-corrected chi connectivity index (χ4v) is 2.98. The molecule has 1 aromatic rings. The van der Waals surface area contributed by atoms with Gasteiger partial charge in [0.05, 0.1) is 25.2 Å². The molecule has 0 saturated carbocycles. The number of methoxy groups -OCH3 is 1. The number of hydrogen-bond acceptors (Lipinski definition) is 6. The van der Waals surface area contributed by atoms with Crippen molar-refractivity contribution in [1.29, 1.82) is 5.26 Å². The van der Waals surface area contributed by atoms with E-state index in [9.17, 15) is 10.1 Å². The van der Waals surface area contributed by atoms with Gasteiger partial charge in [-0.3, -0.25) is 0 Å². The fraction of sp³-hybridized carbons (Fsp3) is 0.300. The molecule has 26 heavy (non-hydrogen) atoms. The molecule has 0 aliphatic carbocycles. The van der Waals surface area contributed by atoms with E-state index < -0.39 is 11.9 Å². The monoisotopic (exact) mass is 354 g/mol. The zero-order chi connectivity index (χ0) is 19.3. The number of rotatable bonds is 6. The van der Waals surface area contributed by atoms with Crippen molar-refractivity contribution in [1.82, 2.24) is 0 Å². The summed E-state index contributed by atoms with van der Waals surface area (Å²) in [5.41, 5.74) is 7.97. The van der Waals surface area contributed by atoms with Crippen LogP contribution in [0.3, 0.4) is 0 Å². The van der Waals surface area contributed by atoms with Crippen LogP contribution in [0.2, 0.25) is 0 Å². The summed E-state index contributed by atoms with van der Waals surface area (Å²) in [6.45, 7) is 7.32. The fourth-order valence-electron chi connectivity index (χ4n) is 2.98. The lowest BCUT2D eigenvalue weighted by Gasteiger charge is -2.27. The van der Waals surface area contributed by atoms with Crippen LogP contribution in [-0.2, 0) is 20.7 Å². The highest BCUT2D eigenvalue weighted by Gasteiger charge is 2.36. The van der Waals surface area contributed by atoms with E-state index in [4.69, 9.17) is 19.9 Å². The molecule has 6 heteroatoms. The van der Waals surface area contributed by atoms with Gasteiger partial charge in [-0.15, -0.1) is 6.58 Å². The van der Waals surface area contributed by atoms with Gasteiger partial charge in [-0.25, -0.2) is 4.79 Å². The summed E-state index contributed by atoms with van der Waals surface area (Å²) in [7, 11) is 1.59. The lowest BCUT2D eigenvalue weighted by atomic mass is 9.82. The minimum Gasteiger partial charge on any atom is -0.496 e. The molecule has 2 rings (SSSR count). The van der Waals surface area contributed by atoms with Gasteiger partial charge in [-0.2, -0.15) is 5.26 Å². The summed E-state index contributed by atoms with van der Waals surface area (Å²) in [5, 5.41) is 9.60. The average molecular weight is 354 g/mol. The first-order chi connectivity index (χ1) is 12.5. The summed E-state index contributed by atoms with van der Waals surface area (Å²) >= 11 is 0. The predicted octanol–water partition coefficient (Wildman–Crippen LogP) is 3.07. The Hall–Kier alpha value is -3.20. The van der Waals surface area contributed by atoms with Crippen molar-refractivity contribution in [3.05, 3.63) is 64.8 Å². The van der Waals surface area contributed by atoms with Crippen LogP contribution in [0.1, 0.15) is 30.9 Å². The first kappa shape index (κ1) is 19.1. The molecule has 1 heterocycles. The zero-order valence-electron chi connectivity index (χ0n) is 15.2. The van der Waals surface area contributed by atoms with E-state index in [0.717, 1.165) is 11.1 Å². The number of allylic oxidation sites excluding steroid dienone is 3. The number of carbonyl (C=O) groups excluding carboxylic acids is 1. The first-order valence-corrected chi connectivity index (χ1v) is 8.21. The predicted molar refractivity (Wildman–Crippen MR) is 96.9 cm³/mol. The topological polar surface area (TPSA) is 94.6 Å². The molecule has 1 aliphatic heterocycles. The highest BCUT2D eigenvalue weighted by Crippen LogP contribution is 2.40. The number of carbonyl (C=O) groups is 1. The van der Waals surface area contributed by atoms with Crippen molar-refractivity contribution >= 4 is 5.97 Å². The quantitative estimate of drug-likeness (QED) is 0.623. The molecule has 136 valence electrons. The minimum atomic E-state index is -0.665. The van der Waals surface area contributed by atoms with Crippen molar-refractivity contribution in [2.24, 2.45) is 5.73 Å². The van der Waals surface area contributed by atoms with Crippen molar-refractivity contribution in [3.63, 3.8) is 0 Å². The summed E-state index contributed by atoms with van der Waals surface area (Å²) in [5.74, 6) is -0.177. The van der Waals surface area contributed by atoms with Crippen LogP contribution >= 0.6 is 0 Å². The van der Waals surface area contributed by atoms with Gasteiger partial charge in [0.1, 0.15) is 23.2 Å². The summed E-state index contributed by atoms with van der Waals surface area (Å²) in [6, 6.07) is 7.55. The molecule has 0 radical (unpaired) electrons. The number of nitriles is 1. The van der Waals surface area contributed by atoms with Crippen LogP contribution in [0.4, 0.5) is 0 Å². The van der Waals surface area contributed by atoms with Crippen molar-refractivity contribution < 1.29 is 19.0 Å². The Morgan fingerprint density at radius 1 is 1.50 bits per heavy atom. The van der Waals surface area contributed by atoms with Crippen molar-refractivity contribution in [2.75, 3.05) is 13.7 Å². The second kappa shape index (κ2) is 8.26. The molecule has 0 amide bonds. The maximum atomic E-state index is 12.5. The number of ether oxygens (including phenoxy) is 3. The lowest BCUT2D eigenvalue weighted by molar-refractivity contribution is -0.139. The van der Waals surface area contributed by atoms with Gasteiger partial charge in [0.25, 0.3) is 0 Å². The van der Waals surface area contributed by atoms with Crippen LogP contribution in [0.25, 0.3) is 0 Å². The third-order valence-corrected chi connectivity index (χ3v) is 4.10. The maximum Gasteiger partial charge on any atom is 0.338 e. The Labute approximate surface area is 153 Å². The second-order valence-electron chi connectivity index (χ2n) is 5.68. The smallest absolute Gasteiger partial charge is 0.338 e. The van der Waals surface area contributed by atoms with Gasteiger partial charge in [-0.1, -0.05) is 18.2 Å². The van der Waals surface area contributed by atoms with E-state index in [-0.39, 0.29) is 23.6 Å². The standard InChI is InChI=1S/C20H22N2O4/c1-5-7-13-10-14(8-9-16(13)24-4)18-15(11-21)19(22)26-12(3)17(18)20(23)25-6-2/h5,8-10,18H,1,6-7,22H2,2-4H3. The van der Waals surface area contributed by atoms with Crippen molar-refractivity contribution in [3.8, 4) is 11.8 Å². The molecule has 0 spiro atoms. The molecule has 2 N–H and O–H groups in total. The molecule has 1 aromatic carbocycles. The average Bonchev–Trinajstić information content (AvgIpc) is 2.61. The lowest BCUT2D eigenvalue weighted by Crippen LogP contribution is -2.25. The number of benzene rings is 1. The minimum absolute atomic E-state index is 0.0101. The zero-order valence-corrected chi connectivity index (χ0v) is 15.2. The molecule has 0 bridgehead atoms. The van der Waals surface area contributed by atoms with Gasteiger partial charge < -0.3 is 19.9 Å². The van der Waals surface area contributed by atoms with Gasteiger partial charge in [0, 0.05) is 0 Å². The summed E-state index contributed by atoms with van der Waals surface area (Å²) in [4.78, 5) is 12.5. The number of nitrogens with two attached hydrogens (primary N) is 1. The van der Waals surface area contributed by atoms with E-state index in [2.05, 4.69) is 12.6 Å². The normalized spacial score (nSPS) is 16.6. The van der Waals surface area contributed by atoms with E-state index in [0.29, 0.717) is 17.9 Å². The largest absolute Gasteiger partial charge is 0.496 e. The molecule has 1 unspecified atom stereocenters.